The third-order valence-electron chi connectivity index (χ3n) is 4.39. The Hall–Kier alpha value is -0.820. The van der Waals surface area contributed by atoms with Crippen molar-refractivity contribution in [1.82, 2.24) is 15.5 Å². The average molecular weight is 444 g/mol. The van der Waals surface area contributed by atoms with Crippen molar-refractivity contribution in [2.45, 2.75) is 32.6 Å². The molecule has 0 amide bonds. The van der Waals surface area contributed by atoms with E-state index in [1.54, 1.807) is 0 Å². The maximum Gasteiger partial charge on any atom is 0.190 e. The summed E-state index contributed by atoms with van der Waals surface area (Å²) in [7, 11) is 1.84. The Kier molecular flexibility index (Phi) is 11.1. The molecule has 1 fully saturated rings. The van der Waals surface area contributed by atoms with E-state index in [9.17, 15) is 0 Å². The Balaban J connectivity index is 0.00000288. The Labute approximate surface area is 164 Å². The summed E-state index contributed by atoms with van der Waals surface area (Å²) in [5.41, 5.74) is 1.40. The molecule has 5 heteroatoms. The molecule has 1 aromatic carbocycles. The molecule has 2 N–H and O–H groups in total. The van der Waals surface area contributed by atoms with Gasteiger partial charge in [-0.05, 0) is 50.3 Å². The summed E-state index contributed by atoms with van der Waals surface area (Å²) in [5, 5.41) is 6.87. The van der Waals surface area contributed by atoms with Gasteiger partial charge in [0.15, 0.2) is 5.96 Å². The number of rotatable bonds is 8. The Morgan fingerprint density at radius 2 is 1.88 bits per heavy atom. The molecule has 1 atom stereocenters. The van der Waals surface area contributed by atoms with Gasteiger partial charge in [-0.1, -0.05) is 37.3 Å². The molecule has 1 unspecified atom stereocenters. The number of hydrogen-bond donors (Lipinski definition) is 2. The van der Waals surface area contributed by atoms with E-state index in [1.807, 2.05) is 7.05 Å². The highest BCUT2D eigenvalue weighted by Crippen LogP contribution is 2.09. The lowest BCUT2D eigenvalue weighted by Gasteiger charge is -2.21. The first kappa shape index (κ1) is 21.2. The minimum Gasteiger partial charge on any atom is -0.356 e. The van der Waals surface area contributed by atoms with Gasteiger partial charge in [-0.15, -0.1) is 24.0 Å². The molecule has 24 heavy (non-hydrogen) atoms. The van der Waals surface area contributed by atoms with E-state index < -0.39 is 0 Å². The lowest BCUT2D eigenvalue weighted by atomic mass is 10.1. The highest BCUT2D eigenvalue weighted by molar-refractivity contribution is 14.0. The van der Waals surface area contributed by atoms with Crippen LogP contribution in [0.4, 0.5) is 0 Å². The predicted octanol–water partition coefficient (Wildman–Crippen LogP) is 3.13. The van der Waals surface area contributed by atoms with Crippen molar-refractivity contribution in [1.29, 1.82) is 0 Å². The minimum atomic E-state index is 0. The molecule has 0 aromatic heterocycles. The second-order valence-electron chi connectivity index (χ2n) is 6.58. The van der Waals surface area contributed by atoms with Crippen molar-refractivity contribution in [3.05, 3.63) is 35.9 Å². The SMILES string of the molecule is CN=C(NCCCc1ccccc1)NCC(C)CN1CCCC1.I. The maximum atomic E-state index is 4.32. The van der Waals surface area contributed by atoms with Gasteiger partial charge in [0, 0.05) is 26.7 Å². The predicted molar refractivity (Wildman–Crippen MR) is 114 cm³/mol. The molecule has 0 saturated carbocycles. The van der Waals surface area contributed by atoms with Crippen molar-refractivity contribution in [2.24, 2.45) is 10.9 Å². The smallest absolute Gasteiger partial charge is 0.190 e. The van der Waals surface area contributed by atoms with Crippen LogP contribution >= 0.6 is 24.0 Å². The van der Waals surface area contributed by atoms with Crippen LogP contribution in [0.5, 0.6) is 0 Å². The first-order chi connectivity index (χ1) is 11.3. The van der Waals surface area contributed by atoms with Crippen LogP contribution in [0.15, 0.2) is 35.3 Å². The van der Waals surface area contributed by atoms with E-state index in [1.165, 1.54) is 38.0 Å². The van der Waals surface area contributed by atoms with Crippen LogP contribution in [0.25, 0.3) is 0 Å². The highest BCUT2D eigenvalue weighted by Gasteiger charge is 2.14. The molecule has 1 aromatic rings. The number of nitrogens with zero attached hydrogens (tertiary/aromatic N) is 2. The zero-order valence-corrected chi connectivity index (χ0v) is 17.5. The van der Waals surface area contributed by atoms with Crippen LogP contribution in [-0.4, -0.2) is 50.6 Å². The molecule has 2 rings (SSSR count). The Morgan fingerprint density at radius 1 is 1.17 bits per heavy atom. The van der Waals surface area contributed by atoms with E-state index >= 15 is 0 Å². The zero-order chi connectivity index (χ0) is 16.3. The molecular weight excluding hydrogens is 411 g/mol. The van der Waals surface area contributed by atoms with E-state index in [0.29, 0.717) is 5.92 Å². The normalized spacial score (nSPS) is 16.5. The second-order valence-corrected chi connectivity index (χ2v) is 6.58. The number of hydrogen-bond acceptors (Lipinski definition) is 2. The number of aryl methyl sites for hydroxylation is 1. The van der Waals surface area contributed by atoms with Crippen molar-refractivity contribution < 1.29 is 0 Å². The molecule has 1 aliphatic heterocycles. The number of halogens is 1. The van der Waals surface area contributed by atoms with Crippen LogP contribution in [0.3, 0.4) is 0 Å². The zero-order valence-electron chi connectivity index (χ0n) is 15.1. The summed E-state index contributed by atoms with van der Waals surface area (Å²) in [5.74, 6) is 1.57. The minimum absolute atomic E-state index is 0. The van der Waals surface area contributed by atoms with E-state index in [2.05, 4.69) is 57.8 Å². The molecule has 4 nitrogen and oxygen atoms in total. The maximum absolute atomic E-state index is 4.32. The van der Waals surface area contributed by atoms with Gasteiger partial charge in [0.2, 0.25) is 0 Å². The van der Waals surface area contributed by atoms with E-state index in [0.717, 1.165) is 31.9 Å². The topological polar surface area (TPSA) is 39.7 Å². The average Bonchev–Trinajstić information content (AvgIpc) is 3.08. The quantitative estimate of drug-likeness (QED) is 0.280. The molecule has 136 valence electrons. The van der Waals surface area contributed by atoms with Crippen molar-refractivity contribution in [3.8, 4) is 0 Å². The monoisotopic (exact) mass is 444 g/mol. The number of likely N-dealkylation sites (tertiary alicyclic amines) is 1. The number of guanidine groups is 1. The summed E-state index contributed by atoms with van der Waals surface area (Å²) >= 11 is 0. The van der Waals surface area contributed by atoms with Crippen LogP contribution in [0, 0.1) is 5.92 Å². The third-order valence-corrected chi connectivity index (χ3v) is 4.39. The Morgan fingerprint density at radius 3 is 2.54 bits per heavy atom. The van der Waals surface area contributed by atoms with Gasteiger partial charge in [-0.2, -0.15) is 0 Å². The molecular formula is C19H33IN4. The molecule has 0 bridgehead atoms. The van der Waals surface area contributed by atoms with Crippen LogP contribution < -0.4 is 10.6 Å². The molecule has 1 saturated heterocycles. The van der Waals surface area contributed by atoms with Gasteiger partial charge in [0.05, 0.1) is 0 Å². The van der Waals surface area contributed by atoms with Crippen molar-refractivity contribution in [2.75, 3.05) is 39.8 Å². The van der Waals surface area contributed by atoms with Crippen LogP contribution in [0.2, 0.25) is 0 Å². The van der Waals surface area contributed by atoms with Gasteiger partial charge < -0.3 is 15.5 Å². The standard InChI is InChI=1S/C19H32N4.HI/c1-17(16-23-13-6-7-14-23)15-22-19(20-2)21-12-8-11-18-9-4-3-5-10-18;/h3-5,9-10,17H,6-8,11-16H2,1-2H3,(H2,20,21,22);1H. The first-order valence-electron chi connectivity index (χ1n) is 8.98. The Bertz CT molecular complexity index is 458. The third kappa shape index (κ3) is 8.33. The molecule has 0 radical (unpaired) electrons. The summed E-state index contributed by atoms with van der Waals surface area (Å²) < 4.78 is 0. The fourth-order valence-corrected chi connectivity index (χ4v) is 3.11. The molecule has 0 aliphatic carbocycles. The van der Waals surface area contributed by atoms with Gasteiger partial charge >= 0.3 is 0 Å². The van der Waals surface area contributed by atoms with Gasteiger partial charge in [0.25, 0.3) is 0 Å². The van der Waals surface area contributed by atoms with Crippen LogP contribution in [0.1, 0.15) is 31.7 Å². The number of benzene rings is 1. The summed E-state index contributed by atoms with van der Waals surface area (Å²) in [6.45, 7) is 7.99. The fraction of sp³-hybridized carbons (Fsp3) is 0.632. The van der Waals surface area contributed by atoms with Gasteiger partial charge in [0.1, 0.15) is 0 Å². The van der Waals surface area contributed by atoms with E-state index in [4.69, 9.17) is 0 Å². The molecule has 0 spiro atoms. The summed E-state index contributed by atoms with van der Waals surface area (Å²) in [6.07, 6.45) is 4.96. The van der Waals surface area contributed by atoms with Crippen molar-refractivity contribution in [3.63, 3.8) is 0 Å². The van der Waals surface area contributed by atoms with E-state index in [-0.39, 0.29) is 24.0 Å². The summed E-state index contributed by atoms with van der Waals surface area (Å²) in [6, 6.07) is 10.6. The van der Waals surface area contributed by atoms with Crippen LogP contribution in [-0.2, 0) is 6.42 Å². The molecule has 1 aliphatic rings. The lowest BCUT2D eigenvalue weighted by molar-refractivity contribution is 0.287. The molecule has 1 heterocycles. The largest absolute Gasteiger partial charge is 0.356 e. The fourth-order valence-electron chi connectivity index (χ4n) is 3.11. The number of nitrogens with one attached hydrogen (secondary N) is 2. The second kappa shape index (κ2) is 12.5. The summed E-state index contributed by atoms with van der Waals surface area (Å²) in [4.78, 5) is 6.89. The highest BCUT2D eigenvalue weighted by atomic mass is 127. The first-order valence-corrected chi connectivity index (χ1v) is 8.98. The number of aliphatic imine (C=N–C) groups is 1. The van der Waals surface area contributed by atoms with Gasteiger partial charge in [-0.25, -0.2) is 0 Å². The van der Waals surface area contributed by atoms with Crippen molar-refractivity contribution >= 4 is 29.9 Å². The van der Waals surface area contributed by atoms with Gasteiger partial charge in [-0.3, -0.25) is 4.99 Å². The lowest BCUT2D eigenvalue weighted by Crippen LogP contribution is -2.41.